The van der Waals surface area contributed by atoms with Crippen LogP contribution >= 0.6 is 8.58 Å². The van der Waals surface area contributed by atoms with Crippen molar-refractivity contribution in [1.82, 2.24) is 9.88 Å². The van der Waals surface area contributed by atoms with E-state index in [2.05, 4.69) is 51.6 Å². The fraction of sp³-hybridized carbons (Fsp3) is 0.556. The lowest BCUT2D eigenvalue weighted by Gasteiger charge is -2.39. The normalized spacial score (nSPS) is 26.1. The molecule has 4 heterocycles. The molecule has 3 aliphatic rings. The van der Waals surface area contributed by atoms with Crippen LogP contribution in [0.15, 0.2) is 59.4 Å². The van der Waals surface area contributed by atoms with E-state index >= 15 is 0 Å². The average Bonchev–Trinajstić information content (AvgIpc) is 2.84. The molecule has 0 amide bonds. The third-order valence-corrected chi connectivity index (χ3v) is 8.34. The molecule has 0 saturated carbocycles. The van der Waals surface area contributed by atoms with Gasteiger partial charge in [0.2, 0.25) is 0 Å². The summed E-state index contributed by atoms with van der Waals surface area (Å²) in [5.41, 5.74) is 2.39. The van der Waals surface area contributed by atoms with Gasteiger partial charge in [0.1, 0.15) is 11.4 Å². The Morgan fingerprint density at radius 3 is 2.76 bits per heavy atom. The fourth-order valence-corrected chi connectivity index (χ4v) is 5.77. The van der Waals surface area contributed by atoms with Crippen LogP contribution < -0.4 is 4.90 Å². The van der Waals surface area contributed by atoms with Crippen LogP contribution in [0, 0.1) is 0 Å². The summed E-state index contributed by atoms with van der Waals surface area (Å²) in [6, 6.07) is 4.61. The predicted octanol–water partition coefficient (Wildman–Crippen LogP) is 4.13. The molecule has 2 saturated heterocycles. The topological polar surface area (TPSA) is 61.2 Å². The van der Waals surface area contributed by atoms with E-state index in [1.807, 2.05) is 18.2 Å². The maximum Gasteiger partial charge on any atom is 0.137 e. The van der Waals surface area contributed by atoms with E-state index < -0.39 is 5.60 Å². The highest BCUT2D eigenvalue weighted by molar-refractivity contribution is 7.38. The van der Waals surface area contributed by atoms with Gasteiger partial charge >= 0.3 is 0 Å². The first kappa shape index (κ1) is 25.2. The number of nitrogens with zero attached hydrogens (tertiary/aromatic N) is 4. The molecule has 1 aromatic heterocycles. The number of hydrogen-bond donors (Lipinski definition) is 1. The molecule has 2 fully saturated rings. The summed E-state index contributed by atoms with van der Waals surface area (Å²) in [5, 5.41) is 10.4. The number of unbranched alkanes of at least 4 members (excludes halogenated alkanes) is 1. The van der Waals surface area contributed by atoms with Gasteiger partial charge in [-0.15, -0.1) is 8.58 Å². The Morgan fingerprint density at radius 2 is 2.09 bits per heavy atom. The van der Waals surface area contributed by atoms with Gasteiger partial charge in [-0.2, -0.15) is 0 Å². The van der Waals surface area contributed by atoms with Gasteiger partial charge in [-0.25, -0.2) is 4.98 Å². The summed E-state index contributed by atoms with van der Waals surface area (Å²) in [6.45, 7) is 11.2. The smallest absolute Gasteiger partial charge is 0.137 e. The summed E-state index contributed by atoms with van der Waals surface area (Å²) in [6.07, 6.45) is 17.3. The van der Waals surface area contributed by atoms with Gasteiger partial charge in [0.05, 0.1) is 18.9 Å². The summed E-state index contributed by atoms with van der Waals surface area (Å²) >= 11 is 0. The fourth-order valence-electron chi connectivity index (χ4n) is 4.66. The van der Waals surface area contributed by atoms with Crippen LogP contribution in [0.4, 0.5) is 5.82 Å². The van der Waals surface area contributed by atoms with Crippen molar-refractivity contribution in [3.05, 3.63) is 60.0 Å². The minimum absolute atomic E-state index is 0.363. The molecule has 34 heavy (non-hydrogen) atoms. The molecule has 0 aliphatic carbocycles. The molecular weight excluding hydrogens is 443 g/mol. The number of aliphatic hydroxyl groups is 1. The van der Waals surface area contributed by atoms with Gasteiger partial charge in [-0.1, -0.05) is 24.8 Å². The van der Waals surface area contributed by atoms with Crippen molar-refractivity contribution < 1.29 is 9.84 Å². The maximum absolute atomic E-state index is 10.4. The zero-order valence-electron chi connectivity index (χ0n) is 20.5. The first-order chi connectivity index (χ1) is 16.6. The number of piperazine rings is 1. The summed E-state index contributed by atoms with van der Waals surface area (Å²) in [7, 11) is 0.974. The van der Waals surface area contributed by atoms with Crippen LogP contribution in [-0.4, -0.2) is 79.0 Å². The first-order valence-corrected chi connectivity index (χ1v) is 14.0. The highest BCUT2D eigenvalue weighted by Crippen LogP contribution is 2.29. The number of ether oxygens (including phenoxy) is 1. The lowest BCUT2D eigenvalue weighted by atomic mass is 9.94. The number of hydrogen-bond acceptors (Lipinski definition) is 6. The molecule has 1 aromatic rings. The Morgan fingerprint density at radius 1 is 1.26 bits per heavy atom. The predicted molar refractivity (Wildman–Crippen MR) is 144 cm³/mol. The molecule has 6 nitrogen and oxygen atoms in total. The minimum Gasteiger partial charge on any atom is -0.380 e. The number of aliphatic imine (C=N–C) groups is 1. The highest BCUT2D eigenvalue weighted by atomic mass is 31.1. The van der Waals surface area contributed by atoms with Crippen molar-refractivity contribution in [3.8, 4) is 0 Å². The van der Waals surface area contributed by atoms with Crippen LogP contribution in [0.2, 0.25) is 0 Å². The van der Waals surface area contributed by atoms with E-state index in [1.54, 1.807) is 6.20 Å². The zero-order chi connectivity index (χ0) is 23.8. The molecule has 7 heteroatoms. The van der Waals surface area contributed by atoms with E-state index in [0.29, 0.717) is 19.3 Å². The lowest BCUT2D eigenvalue weighted by Crippen LogP contribution is -2.50. The Kier molecular flexibility index (Phi) is 9.07. The van der Waals surface area contributed by atoms with E-state index in [4.69, 9.17) is 4.74 Å². The molecule has 0 spiro atoms. The molecule has 0 radical (unpaired) electrons. The van der Waals surface area contributed by atoms with E-state index in [0.717, 1.165) is 70.8 Å². The van der Waals surface area contributed by atoms with Crippen LogP contribution in [-0.2, 0) is 10.3 Å². The molecule has 1 N–H and O–H groups in total. The van der Waals surface area contributed by atoms with Crippen molar-refractivity contribution in [2.75, 3.05) is 56.6 Å². The third kappa shape index (κ3) is 6.42. The van der Waals surface area contributed by atoms with E-state index in [1.165, 1.54) is 24.6 Å². The zero-order valence-corrected chi connectivity index (χ0v) is 21.5. The summed E-state index contributed by atoms with van der Waals surface area (Å²) in [4.78, 5) is 14.2. The van der Waals surface area contributed by atoms with Crippen molar-refractivity contribution in [1.29, 1.82) is 0 Å². The van der Waals surface area contributed by atoms with Crippen molar-refractivity contribution in [2.45, 2.75) is 44.2 Å². The SMILES string of the molecule is C=C/C1=C(\C=C/CCCC(C)N2CCN(c3ccc(C4(O)COC4)cn3)CC2)/N=C\CCPC1. The first-order valence-electron chi connectivity index (χ1n) is 12.6. The summed E-state index contributed by atoms with van der Waals surface area (Å²) in [5.74, 6) is 0.996. The molecule has 3 aliphatic heterocycles. The number of anilines is 1. The number of pyridine rings is 1. The minimum atomic E-state index is -0.845. The molecule has 0 bridgehead atoms. The van der Waals surface area contributed by atoms with Gasteiger partial charge in [-0.3, -0.25) is 9.89 Å². The molecule has 184 valence electrons. The van der Waals surface area contributed by atoms with Crippen LogP contribution in [0.3, 0.4) is 0 Å². The van der Waals surface area contributed by atoms with E-state index in [-0.39, 0.29) is 0 Å². The molecule has 2 atom stereocenters. The number of allylic oxidation sites excluding steroid dienone is 4. The molecular formula is C27H39N4O2P. The number of aromatic nitrogens is 1. The summed E-state index contributed by atoms with van der Waals surface area (Å²) < 4.78 is 5.15. The highest BCUT2D eigenvalue weighted by Gasteiger charge is 2.38. The molecule has 0 aromatic carbocycles. The molecule has 2 unspecified atom stereocenters. The van der Waals surface area contributed by atoms with E-state index in [9.17, 15) is 5.11 Å². The Bertz CT molecular complexity index is 900. The quantitative estimate of drug-likeness (QED) is 0.424. The third-order valence-electron chi connectivity index (χ3n) is 7.07. The second-order valence-electron chi connectivity index (χ2n) is 9.53. The Labute approximate surface area is 206 Å². The standard InChI is InChI=1S/C27H39N4O2P/c1-3-23-19-34-17-7-12-28-25(23)9-6-4-5-8-22(2)30-13-15-31(16-14-30)26-11-10-24(18-29-26)27(32)20-33-21-27/h3,6,9-12,18,22,32,34H,1,4-5,7-8,13-17,19-21H2,2H3/b9-6-,25-23-,28-12-. The second kappa shape index (κ2) is 12.2. The monoisotopic (exact) mass is 482 g/mol. The number of rotatable bonds is 9. The lowest BCUT2D eigenvalue weighted by molar-refractivity contribution is -0.184. The van der Waals surface area contributed by atoms with Crippen molar-refractivity contribution in [3.63, 3.8) is 0 Å². The van der Waals surface area contributed by atoms with Crippen LogP contribution in [0.5, 0.6) is 0 Å². The van der Waals surface area contributed by atoms with Crippen molar-refractivity contribution in [2.24, 2.45) is 4.99 Å². The van der Waals surface area contributed by atoms with Crippen LogP contribution in [0.25, 0.3) is 0 Å². The Hall–Kier alpha value is -1.85. The Balaban J connectivity index is 1.18. The van der Waals surface area contributed by atoms with Gasteiger partial charge in [0, 0.05) is 50.2 Å². The largest absolute Gasteiger partial charge is 0.380 e. The van der Waals surface area contributed by atoms with Gasteiger partial charge in [0.25, 0.3) is 0 Å². The average molecular weight is 483 g/mol. The maximum atomic E-state index is 10.4. The van der Waals surface area contributed by atoms with Crippen LogP contribution in [0.1, 0.15) is 38.2 Å². The second-order valence-corrected chi connectivity index (χ2v) is 10.9. The van der Waals surface area contributed by atoms with Crippen molar-refractivity contribution >= 4 is 20.6 Å². The van der Waals surface area contributed by atoms with Gasteiger partial charge in [0.15, 0.2) is 0 Å². The van der Waals surface area contributed by atoms with Gasteiger partial charge < -0.3 is 14.7 Å². The molecule has 4 rings (SSSR count). The van der Waals surface area contributed by atoms with Gasteiger partial charge in [-0.05, 0) is 62.6 Å².